The monoisotopic (exact) mass is 341 g/mol. The standard InChI is InChI=1S/C18H19N3O2S/c1-4-19-18-21(20-13(2)17-6-5-11-23-17)16(12-24-18)14-7-9-15(22-3)10-8-14/h5-12H,4H2,1-3H3. The lowest BCUT2D eigenvalue weighted by Gasteiger charge is -2.06. The van der Waals surface area contributed by atoms with Gasteiger partial charge in [-0.2, -0.15) is 5.10 Å². The second-order valence-electron chi connectivity index (χ2n) is 5.08. The molecular formula is C18H19N3O2S. The first-order chi connectivity index (χ1) is 11.7. The summed E-state index contributed by atoms with van der Waals surface area (Å²) in [5.41, 5.74) is 2.84. The quantitative estimate of drug-likeness (QED) is 0.658. The molecule has 0 atom stereocenters. The fourth-order valence-electron chi connectivity index (χ4n) is 2.28. The van der Waals surface area contributed by atoms with E-state index in [4.69, 9.17) is 14.3 Å². The first-order valence-corrected chi connectivity index (χ1v) is 8.55. The summed E-state index contributed by atoms with van der Waals surface area (Å²) in [5.74, 6) is 1.58. The maximum absolute atomic E-state index is 5.43. The van der Waals surface area contributed by atoms with Gasteiger partial charge >= 0.3 is 0 Å². The van der Waals surface area contributed by atoms with Crippen LogP contribution in [0.1, 0.15) is 19.6 Å². The maximum Gasteiger partial charge on any atom is 0.206 e. The molecule has 0 radical (unpaired) electrons. The van der Waals surface area contributed by atoms with Crippen LogP contribution in [0, 0.1) is 0 Å². The van der Waals surface area contributed by atoms with E-state index in [1.807, 2.05) is 54.9 Å². The maximum atomic E-state index is 5.43. The van der Waals surface area contributed by atoms with Crippen LogP contribution in [-0.2, 0) is 0 Å². The van der Waals surface area contributed by atoms with E-state index < -0.39 is 0 Å². The Morgan fingerprint density at radius 2 is 2.04 bits per heavy atom. The average Bonchev–Trinajstić information content (AvgIpc) is 3.26. The zero-order chi connectivity index (χ0) is 16.9. The van der Waals surface area contributed by atoms with Gasteiger partial charge in [0.2, 0.25) is 4.80 Å². The Kier molecular flexibility index (Phi) is 4.96. The normalized spacial score (nSPS) is 12.6. The Balaban J connectivity index is 2.10. The number of aromatic nitrogens is 1. The van der Waals surface area contributed by atoms with Gasteiger partial charge in [-0.3, -0.25) is 4.99 Å². The number of hydrogen-bond donors (Lipinski definition) is 0. The van der Waals surface area contributed by atoms with Gasteiger partial charge in [-0.05, 0) is 50.2 Å². The highest BCUT2D eigenvalue weighted by Gasteiger charge is 2.09. The zero-order valence-corrected chi connectivity index (χ0v) is 14.7. The lowest BCUT2D eigenvalue weighted by molar-refractivity contribution is 0.415. The average molecular weight is 341 g/mol. The van der Waals surface area contributed by atoms with Crippen LogP contribution in [0.15, 0.2) is 62.6 Å². The molecule has 2 aromatic heterocycles. The second-order valence-corrected chi connectivity index (χ2v) is 5.92. The van der Waals surface area contributed by atoms with E-state index in [2.05, 4.69) is 10.4 Å². The summed E-state index contributed by atoms with van der Waals surface area (Å²) < 4.78 is 12.5. The van der Waals surface area contributed by atoms with Crippen molar-refractivity contribution in [1.29, 1.82) is 0 Å². The summed E-state index contributed by atoms with van der Waals surface area (Å²) in [6.45, 7) is 4.65. The third kappa shape index (κ3) is 3.33. The van der Waals surface area contributed by atoms with E-state index in [9.17, 15) is 0 Å². The van der Waals surface area contributed by atoms with Crippen molar-refractivity contribution >= 4 is 17.0 Å². The van der Waals surface area contributed by atoms with Crippen molar-refractivity contribution in [3.8, 4) is 17.0 Å². The van der Waals surface area contributed by atoms with Crippen molar-refractivity contribution < 1.29 is 9.15 Å². The molecule has 0 saturated heterocycles. The summed E-state index contributed by atoms with van der Waals surface area (Å²) in [5, 5.41) is 6.79. The predicted octanol–water partition coefficient (Wildman–Crippen LogP) is 4.01. The number of benzene rings is 1. The lowest BCUT2D eigenvalue weighted by Crippen LogP contribution is -2.14. The number of rotatable bonds is 5. The summed E-state index contributed by atoms with van der Waals surface area (Å²) in [6, 6.07) is 11.7. The van der Waals surface area contributed by atoms with Crippen LogP contribution < -0.4 is 9.54 Å². The Hall–Kier alpha value is -2.60. The van der Waals surface area contributed by atoms with E-state index in [1.54, 1.807) is 24.7 Å². The molecule has 6 heteroatoms. The molecule has 3 rings (SSSR count). The smallest absolute Gasteiger partial charge is 0.206 e. The molecule has 0 unspecified atom stereocenters. The predicted molar refractivity (Wildman–Crippen MR) is 96.7 cm³/mol. The third-order valence-corrected chi connectivity index (χ3v) is 4.35. The Morgan fingerprint density at radius 3 is 2.67 bits per heavy atom. The highest BCUT2D eigenvalue weighted by Crippen LogP contribution is 2.23. The van der Waals surface area contributed by atoms with Crippen LogP contribution in [0.5, 0.6) is 5.75 Å². The van der Waals surface area contributed by atoms with Gasteiger partial charge in [0.25, 0.3) is 0 Å². The molecule has 0 spiro atoms. The van der Waals surface area contributed by atoms with Crippen LogP contribution in [0.4, 0.5) is 0 Å². The summed E-state index contributed by atoms with van der Waals surface area (Å²) in [7, 11) is 1.66. The Bertz CT molecular complexity index is 887. The van der Waals surface area contributed by atoms with Gasteiger partial charge in [-0.25, -0.2) is 4.68 Å². The zero-order valence-electron chi connectivity index (χ0n) is 13.9. The molecule has 0 aliphatic carbocycles. The summed E-state index contributed by atoms with van der Waals surface area (Å²) in [6.07, 6.45) is 1.65. The minimum atomic E-state index is 0.706. The number of furan rings is 1. The topological polar surface area (TPSA) is 52.0 Å². The minimum Gasteiger partial charge on any atom is -0.497 e. The van der Waals surface area contributed by atoms with E-state index in [0.717, 1.165) is 33.3 Å². The van der Waals surface area contributed by atoms with Gasteiger partial charge in [-0.15, -0.1) is 11.3 Å². The number of hydrogen-bond acceptors (Lipinski definition) is 5. The Labute approximate surface area is 144 Å². The number of ether oxygens (including phenoxy) is 1. The van der Waals surface area contributed by atoms with Crippen LogP contribution in [-0.4, -0.2) is 24.0 Å². The molecule has 0 N–H and O–H groups in total. The summed E-state index contributed by atoms with van der Waals surface area (Å²) >= 11 is 1.57. The molecule has 1 aromatic carbocycles. The van der Waals surface area contributed by atoms with E-state index >= 15 is 0 Å². The first-order valence-electron chi connectivity index (χ1n) is 7.68. The van der Waals surface area contributed by atoms with Crippen LogP contribution in [0.25, 0.3) is 11.3 Å². The number of methoxy groups -OCH3 is 1. The van der Waals surface area contributed by atoms with E-state index in [0.29, 0.717) is 6.54 Å². The number of nitrogens with zero attached hydrogens (tertiary/aromatic N) is 3. The molecule has 0 bridgehead atoms. The molecule has 0 amide bonds. The van der Waals surface area contributed by atoms with Crippen molar-refractivity contribution in [3.63, 3.8) is 0 Å². The molecule has 2 heterocycles. The van der Waals surface area contributed by atoms with E-state index in [-0.39, 0.29) is 0 Å². The largest absolute Gasteiger partial charge is 0.497 e. The SMILES string of the molecule is CCN=c1scc(-c2ccc(OC)cc2)n1N=C(C)c1ccco1. The Morgan fingerprint density at radius 1 is 1.25 bits per heavy atom. The van der Waals surface area contributed by atoms with Crippen molar-refractivity contribution in [2.75, 3.05) is 13.7 Å². The lowest BCUT2D eigenvalue weighted by atomic mass is 10.2. The van der Waals surface area contributed by atoms with Gasteiger partial charge in [0.1, 0.15) is 17.2 Å². The van der Waals surface area contributed by atoms with Gasteiger partial charge in [-0.1, -0.05) is 0 Å². The molecule has 0 aliphatic rings. The van der Waals surface area contributed by atoms with Gasteiger partial charge in [0.15, 0.2) is 0 Å². The van der Waals surface area contributed by atoms with Crippen molar-refractivity contribution in [2.45, 2.75) is 13.8 Å². The van der Waals surface area contributed by atoms with Crippen molar-refractivity contribution in [3.05, 3.63) is 58.6 Å². The molecule has 5 nitrogen and oxygen atoms in total. The molecule has 0 saturated carbocycles. The van der Waals surface area contributed by atoms with Crippen LogP contribution >= 0.6 is 11.3 Å². The van der Waals surface area contributed by atoms with Gasteiger partial charge in [0, 0.05) is 17.5 Å². The van der Waals surface area contributed by atoms with E-state index in [1.165, 1.54) is 0 Å². The third-order valence-electron chi connectivity index (χ3n) is 3.49. The highest BCUT2D eigenvalue weighted by atomic mass is 32.1. The van der Waals surface area contributed by atoms with Crippen molar-refractivity contribution in [1.82, 2.24) is 4.68 Å². The molecule has 24 heavy (non-hydrogen) atoms. The molecule has 3 aromatic rings. The van der Waals surface area contributed by atoms with Crippen LogP contribution in [0.2, 0.25) is 0 Å². The highest BCUT2D eigenvalue weighted by molar-refractivity contribution is 7.07. The van der Waals surface area contributed by atoms with Crippen molar-refractivity contribution in [2.24, 2.45) is 10.1 Å². The molecular weight excluding hydrogens is 322 g/mol. The second kappa shape index (κ2) is 7.31. The number of thiazole rings is 1. The minimum absolute atomic E-state index is 0.706. The molecule has 124 valence electrons. The fourth-order valence-corrected chi connectivity index (χ4v) is 3.18. The van der Waals surface area contributed by atoms with Crippen LogP contribution in [0.3, 0.4) is 0 Å². The molecule has 0 fully saturated rings. The van der Waals surface area contributed by atoms with Gasteiger partial charge in [0.05, 0.1) is 19.1 Å². The first kappa shape index (κ1) is 16.3. The fraction of sp³-hybridized carbons (Fsp3) is 0.222. The van der Waals surface area contributed by atoms with Gasteiger partial charge < -0.3 is 9.15 Å². The molecule has 0 aliphatic heterocycles. The summed E-state index contributed by atoms with van der Waals surface area (Å²) in [4.78, 5) is 5.40.